The number of aliphatic hydroxyl groups excluding tert-OH is 1. The van der Waals surface area contributed by atoms with Gasteiger partial charge in [-0.25, -0.2) is 0 Å². The average molecular weight is 304 g/mol. The predicted octanol–water partition coefficient (Wildman–Crippen LogP) is 3.24. The van der Waals surface area contributed by atoms with Crippen LogP contribution in [-0.4, -0.2) is 11.2 Å². The van der Waals surface area contributed by atoms with Crippen molar-refractivity contribution >= 4 is 22.6 Å². The van der Waals surface area contributed by atoms with E-state index in [9.17, 15) is 5.11 Å². The summed E-state index contributed by atoms with van der Waals surface area (Å²) in [6, 6.07) is 8.35. The zero-order valence-corrected chi connectivity index (χ0v) is 10.9. The third kappa shape index (κ3) is 3.58. The van der Waals surface area contributed by atoms with Crippen LogP contribution < -0.4 is 0 Å². The maximum atomic E-state index is 9.84. The van der Waals surface area contributed by atoms with Gasteiger partial charge in [0, 0.05) is 3.57 Å². The SMILES string of the molecule is CCC(C)C(O)Cc1ccc(I)cc1. The molecular weight excluding hydrogens is 287 g/mol. The Morgan fingerprint density at radius 3 is 2.36 bits per heavy atom. The molecule has 0 spiro atoms. The summed E-state index contributed by atoms with van der Waals surface area (Å²) in [6.07, 6.45) is 1.59. The lowest BCUT2D eigenvalue weighted by molar-refractivity contribution is 0.115. The Morgan fingerprint density at radius 2 is 1.86 bits per heavy atom. The zero-order chi connectivity index (χ0) is 10.6. The molecule has 2 unspecified atom stereocenters. The maximum Gasteiger partial charge on any atom is 0.0605 e. The molecule has 0 saturated carbocycles. The summed E-state index contributed by atoms with van der Waals surface area (Å²) in [5.41, 5.74) is 1.22. The number of aliphatic hydroxyl groups is 1. The molecular formula is C12H17IO. The minimum absolute atomic E-state index is 0.208. The quantitative estimate of drug-likeness (QED) is 0.847. The Kier molecular flexibility index (Phi) is 4.89. The lowest BCUT2D eigenvalue weighted by Gasteiger charge is -2.16. The second kappa shape index (κ2) is 5.71. The normalized spacial score (nSPS) is 15.1. The van der Waals surface area contributed by atoms with Gasteiger partial charge in [0.1, 0.15) is 0 Å². The largest absolute Gasteiger partial charge is 0.393 e. The van der Waals surface area contributed by atoms with Crippen LogP contribution in [0.4, 0.5) is 0 Å². The molecule has 1 rings (SSSR count). The van der Waals surface area contributed by atoms with E-state index in [0.29, 0.717) is 5.92 Å². The Hall–Kier alpha value is -0.0900. The number of hydrogen-bond acceptors (Lipinski definition) is 1. The van der Waals surface area contributed by atoms with Crippen LogP contribution in [0, 0.1) is 9.49 Å². The molecule has 1 nitrogen and oxygen atoms in total. The van der Waals surface area contributed by atoms with E-state index < -0.39 is 0 Å². The zero-order valence-electron chi connectivity index (χ0n) is 8.70. The summed E-state index contributed by atoms with van der Waals surface area (Å²) < 4.78 is 1.24. The fourth-order valence-corrected chi connectivity index (χ4v) is 1.69. The summed E-state index contributed by atoms with van der Waals surface area (Å²) in [6.45, 7) is 4.21. The van der Waals surface area contributed by atoms with E-state index in [1.807, 2.05) is 0 Å². The Bertz CT molecular complexity index is 268. The highest BCUT2D eigenvalue weighted by atomic mass is 127. The first-order chi connectivity index (χ1) is 6.63. The second-order valence-electron chi connectivity index (χ2n) is 3.78. The molecule has 0 aromatic heterocycles. The number of halogens is 1. The van der Waals surface area contributed by atoms with Crippen LogP contribution in [-0.2, 0) is 6.42 Å². The summed E-state index contributed by atoms with van der Waals surface area (Å²) in [7, 11) is 0. The number of rotatable bonds is 4. The fourth-order valence-electron chi connectivity index (χ4n) is 1.34. The van der Waals surface area contributed by atoms with Gasteiger partial charge in [-0.2, -0.15) is 0 Å². The molecule has 0 aliphatic rings. The van der Waals surface area contributed by atoms with Crippen LogP contribution >= 0.6 is 22.6 Å². The molecule has 0 aliphatic heterocycles. The van der Waals surface area contributed by atoms with E-state index in [0.717, 1.165) is 12.8 Å². The minimum Gasteiger partial charge on any atom is -0.393 e. The molecule has 0 heterocycles. The third-order valence-electron chi connectivity index (χ3n) is 2.66. The number of benzene rings is 1. The first-order valence-corrected chi connectivity index (χ1v) is 6.14. The molecule has 0 saturated heterocycles. The second-order valence-corrected chi connectivity index (χ2v) is 5.03. The molecule has 1 N–H and O–H groups in total. The first kappa shape index (κ1) is 12.0. The van der Waals surface area contributed by atoms with E-state index >= 15 is 0 Å². The molecule has 0 aliphatic carbocycles. The third-order valence-corrected chi connectivity index (χ3v) is 3.38. The van der Waals surface area contributed by atoms with Crippen LogP contribution in [0.1, 0.15) is 25.8 Å². The van der Waals surface area contributed by atoms with Crippen molar-refractivity contribution in [2.75, 3.05) is 0 Å². The summed E-state index contributed by atoms with van der Waals surface area (Å²) in [5.74, 6) is 0.384. The van der Waals surface area contributed by atoms with Gasteiger partial charge in [0.05, 0.1) is 6.10 Å². The molecule has 0 bridgehead atoms. The Labute approximate surface area is 99.7 Å². The first-order valence-electron chi connectivity index (χ1n) is 5.06. The standard InChI is InChI=1S/C12H17IO/c1-3-9(2)12(14)8-10-4-6-11(13)7-5-10/h4-7,9,12,14H,3,8H2,1-2H3. The highest BCUT2D eigenvalue weighted by molar-refractivity contribution is 14.1. The molecule has 0 amide bonds. The summed E-state index contributed by atoms with van der Waals surface area (Å²) in [5, 5.41) is 9.84. The van der Waals surface area contributed by atoms with Crippen molar-refractivity contribution in [3.05, 3.63) is 33.4 Å². The molecule has 0 fully saturated rings. The van der Waals surface area contributed by atoms with Gasteiger partial charge in [-0.3, -0.25) is 0 Å². The lowest BCUT2D eigenvalue weighted by atomic mass is 9.96. The van der Waals surface area contributed by atoms with Gasteiger partial charge in [0.2, 0.25) is 0 Å². The van der Waals surface area contributed by atoms with Crippen molar-refractivity contribution in [2.24, 2.45) is 5.92 Å². The van der Waals surface area contributed by atoms with Crippen LogP contribution in [0.15, 0.2) is 24.3 Å². The van der Waals surface area contributed by atoms with Crippen molar-refractivity contribution in [3.8, 4) is 0 Å². The minimum atomic E-state index is -0.208. The van der Waals surface area contributed by atoms with Gasteiger partial charge in [0.15, 0.2) is 0 Å². The molecule has 1 aromatic carbocycles. The van der Waals surface area contributed by atoms with Crippen molar-refractivity contribution in [1.29, 1.82) is 0 Å². The monoisotopic (exact) mass is 304 g/mol. The van der Waals surface area contributed by atoms with Crippen molar-refractivity contribution < 1.29 is 5.11 Å². The fraction of sp³-hybridized carbons (Fsp3) is 0.500. The highest BCUT2D eigenvalue weighted by Crippen LogP contribution is 2.14. The van der Waals surface area contributed by atoms with Gasteiger partial charge in [0.25, 0.3) is 0 Å². The highest BCUT2D eigenvalue weighted by Gasteiger charge is 2.12. The Balaban J connectivity index is 2.56. The smallest absolute Gasteiger partial charge is 0.0605 e. The van der Waals surface area contributed by atoms with Gasteiger partial charge in [-0.15, -0.1) is 0 Å². The van der Waals surface area contributed by atoms with Gasteiger partial charge >= 0.3 is 0 Å². The van der Waals surface area contributed by atoms with E-state index in [4.69, 9.17) is 0 Å². The van der Waals surface area contributed by atoms with Crippen LogP contribution in [0.5, 0.6) is 0 Å². The van der Waals surface area contributed by atoms with E-state index in [2.05, 4.69) is 60.7 Å². The molecule has 78 valence electrons. The van der Waals surface area contributed by atoms with Crippen LogP contribution in [0.3, 0.4) is 0 Å². The lowest BCUT2D eigenvalue weighted by Crippen LogP contribution is -2.19. The summed E-state index contributed by atoms with van der Waals surface area (Å²) >= 11 is 2.29. The predicted molar refractivity (Wildman–Crippen MR) is 68.3 cm³/mol. The van der Waals surface area contributed by atoms with E-state index in [-0.39, 0.29) is 6.10 Å². The molecule has 0 radical (unpaired) electrons. The molecule has 2 heteroatoms. The van der Waals surface area contributed by atoms with Gasteiger partial charge in [-0.1, -0.05) is 32.4 Å². The van der Waals surface area contributed by atoms with Crippen molar-refractivity contribution in [3.63, 3.8) is 0 Å². The molecule has 1 aromatic rings. The number of hydrogen-bond donors (Lipinski definition) is 1. The van der Waals surface area contributed by atoms with Crippen molar-refractivity contribution in [1.82, 2.24) is 0 Å². The van der Waals surface area contributed by atoms with Crippen molar-refractivity contribution in [2.45, 2.75) is 32.8 Å². The Morgan fingerprint density at radius 1 is 1.29 bits per heavy atom. The van der Waals surface area contributed by atoms with Crippen LogP contribution in [0.2, 0.25) is 0 Å². The van der Waals surface area contributed by atoms with Gasteiger partial charge < -0.3 is 5.11 Å². The van der Waals surface area contributed by atoms with E-state index in [1.54, 1.807) is 0 Å². The maximum absolute atomic E-state index is 9.84. The van der Waals surface area contributed by atoms with Gasteiger partial charge in [-0.05, 0) is 52.6 Å². The molecule has 14 heavy (non-hydrogen) atoms. The summed E-state index contributed by atoms with van der Waals surface area (Å²) in [4.78, 5) is 0. The molecule has 2 atom stereocenters. The topological polar surface area (TPSA) is 20.2 Å². The average Bonchev–Trinajstić information content (AvgIpc) is 2.20. The van der Waals surface area contributed by atoms with Crippen LogP contribution in [0.25, 0.3) is 0 Å². The van der Waals surface area contributed by atoms with E-state index in [1.165, 1.54) is 9.13 Å².